The van der Waals surface area contributed by atoms with Gasteiger partial charge in [-0.15, -0.1) is 0 Å². The van der Waals surface area contributed by atoms with Gasteiger partial charge in [-0.3, -0.25) is 9.59 Å². The average molecular weight is 338 g/mol. The van der Waals surface area contributed by atoms with Crippen LogP contribution in [0, 0.1) is 0 Å². The SMILES string of the molecule is CN(C)C(=O)c1ccc(NCc2ccc(N3CCCC3=O)cc2)nc1. The van der Waals surface area contributed by atoms with Gasteiger partial charge >= 0.3 is 0 Å². The van der Waals surface area contributed by atoms with Gasteiger partial charge in [-0.05, 0) is 36.2 Å². The summed E-state index contributed by atoms with van der Waals surface area (Å²) in [6.07, 6.45) is 3.15. The molecule has 2 aromatic rings. The van der Waals surface area contributed by atoms with Crippen LogP contribution in [0.25, 0.3) is 0 Å². The summed E-state index contributed by atoms with van der Waals surface area (Å²) in [4.78, 5) is 31.2. The Hall–Kier alpha value is -2.89. The molecule has 0 spiro atoms. The maximum absolute atomic E-state index is 11.8. The number of anilines is 2. The van der Waals surface area contributed by atoms with Crippen LogP contribution in [-0.4, -0.2) is 42.3 Å². The lowest BCUT2D eigenvalue weighted by molar-refractivity contribution is -0.117. The molecule has 3 rings (SSSR count). The summed E-state index contributed by atoms with van der Waals surface area (Å²) >= 11 is 0. The van der Waals surface area contributed by atoms with Gasteiger partial charge in [0.25, 0.3) is 5.91 Å². The van der Waals surface area contributed by atoms with Gasteiger partial charge in [-0.25, -0.2) is 4.98 Å². The van der Waals surface area contributed by atoms with Crippen molar-refractivity contribution in [1.82, 2.24) is 9.88 Å². The molecule has 6 heteroatoms. The zero-order valence-electron chi connectivity index (χ0n) is 14.5. The summed E-state index contributed by atoms with van der Waals surface area (Å²) in [6.45, 7) is 1.43. The van der Waals surface area contributed by atoms with Crippen molar-refractivity contribution < 1.29 is 9.59 Å². The van der Waals surface area contributed by atoms with E-state index in [0.29, 0.717) is 24.3 Å². The molecular weight excluding hydrogens is 316 g/mol. The second kappa shape index (κ2) is 7.34. The van der Waals surface area contributed by atoms with Crippen LogP contribution in [-0.2, 0) is 11.3 Å². The zero-order valence-corrected chi connectivity index (χ0v) is 14.5. The van der Waals surface area contributed by atoms with E-state index >= 15 is 0 Å². The van der Waals surface area contributed by atoms with Crippen LogP contribution in [0.15, 0.2) is 42.6 Å². The van der Waals surface area contributed by atoms with Gasteiger partial charge in [0.05, 0.1) is 5.56 Å². The topological polar surface area (TPSA) is 65.5 Å². The van der Waals surface area contributed by atoms with Crippen LogP contribution in [0.5, 0.6) is 0 Å². The Bertz CT molecular complexity index is 754. The van der Waals surface area contributed by atoms with Crippen molar-refractivity contribution in [3.8, 4) is 0 Å². The number of hydrogen-bond donors (Lipinski definition) is 1. The third-order valence-electron chi connectivity index (χ3n) is 4.21. The van der Waals surface area contributed by atoms with Crippen LogP contribution >= 0.6 is 0 Å². The van der Waals surface area contributed by atoms with Gasteiger partial charge in [-0.2, -0.15) is 0 Å². The third kappa shape index (κ3) is 3.96. The monoisotopic (exact) mass is 338 g/mol. The molecule has 130 valence electrons. The number of carbonyl (C=O) groups excluding carboxylic acids is 2. The minimum absolute atomic E-state index is 0.0638. The molecule has 1 N–H and O–H groups in total. The Balaban J connectivity index is 1.58. The molecule has 1 fully saturated rings. The van der Waals surface area contributed by atoms with E-state index in [-0.39, 0.29) is 11.8 Å². The number of benzene rings is 1. The van der Waals surface area contributed by atoms with E-state index in [9.17, 15) is 9.59 Å². The zero-order chi connectivity index (χ0) is 17.8. The lowest BCUT2D eigenvalue weighted by Gasteiger charge is -2.16. The maximum Gasteiger partial charge on any atom is 0.254 e. The number of pyridine rings is 1. The number of aromatic nitrogens is 1. The molecule has 0 saturated carbocycles. The van der Waals surface area contributed by atoms with Crippen molar-refractivity contribution in [1.29, 1.82) is 0 Å². The molecule has 1 aliphatic heterocycles. The highest BCUT2D eigenvalue weighted by Gasteiger charge is 2.21. The first-order valence-electron chi connectivity index (χ1n) is 8.35. The summed E-state index contributed by atoms with van der Waals surface area (Å²) < 4.78 is 0. The van der Waals surface area contributed by atoms with Crippen LogP contribution < -0.4 is 10.2 Å². The van der Waals surface area contributed by atoms with E-state index in [1.807, 2.05) is 29.2 Å². The molecule has 6 nitrogen and oxygen atoms in total. The molecular formula is C19H22N4O2. The van der Waals surface area contributed by atoms with Gasteiger partial charge in [0.2, 0.25) is 5.91 Å². The van der Waals surface area contributed by atoms with E-state index in [0.717, 1.165) is 24.2 Å². The Labute approximate surface area is 147 Å². The molecule has 2 heterocycles. The fourth-order valence-electron chi connectivity index (χ4n) is 2.79. The summed E-state index contributed by atoms with van der Waals surface area (Å²) in [5, 5.41) is 3.24. The second-order valence-corrected chi connectivity index (χ2v) is 6.30. The molecule has 25 heavy (non-hydrogen) atoms. The minimum Gasteiger partial charge on any atom is -0.366 e. The van der Waals surface area contributed by atoms with E-state index in [2.05, 4.69) is 10.3 Å². The molecule has 0 atom stereocenters. The van der Waals surface area contributed by atoms with Gasteiger partial charge in [-0.1, -0.05) is 12.1 Å². The van der Waals surface area contributed by atoms with Crippen molar-refractivity contribution >= 4 is 23.3 Å². The van der Waals surface area contributed by atoms with E-state index in [1.165, 1.54) is 4.90 Å². The number of amides is 2. The largest absolute Gasteiger partial charge is 0.366 e. The Morgan fingerprint density at radius 3 is 2.52 bits per heavy atom. The van der Waals surface area contributed by atoms with E-state index < -0.39 is 0 Å². The highest BCUT2D eigenvalue weighted by Crippen LogP contribution is 2.21. The van der Waals surface area contributed by atoms with Gasteiger partial charge in [0.15, 0.2) is 0 Å². The quantitative estimate of drug-likeness (QED) is 0.910. The molecule has 2 amide bonds. The van der Waals surface area contributed by atoms with Crippen molar-refractivity contribution in [2.75, 3.05) is 30.9 Å². The standard InChI is InChI=1S/C19H22N4O2/c1-22(2)19(25)15-7-10-17(21-13-15)20-12-14-5-8-16(9-6-14)23-11-3-4-18(23)24/h5-10,13H,3-4,11-12H2,1-2H3,(H,20,21). The molecule has 1 aliphatic rings. The van der Waals surface area contributed by atoms with Gasteiger partial charge in [0, 0.05) is 45.5 Å². The maximum atomic E-state index is 11.8. The normalized spacial score (nSPS) is 13.8. The fourth-order valence-corrected chi connectivity index (χ4v) is 2.79. The molecule has 0 bridgehead atoms. The molecule has 0 radical (unpaired) electrons. The second-order valence-electron chi connectivity index (χ2n) is 6.30. The summed E-state index contributed by atoms with van der Waals surface area (Å²) in [7, 11) is 3.43. The van der Waals surface area contributed by atoms with Gasteiger partial charge < -0.3 is 15.1 Å². The summed E-state index contributed by atoms with van der Waals surface area (Å²) in [6, 6.07) is 11.5. The minimum atomic E-state index is -0.0638. The first-order valence-corrected chi connectivity index (χ1v) is 8.35. The summed E-state index contributed by atoms with van der Waals surface area (Å²) in [5.74, 6) is 0.850. The van der Waals surface area contributed by atoms with Crippen LogP contribution in [0.2, 0.25) is 0 Å². The van der Waals surface area contributed by atoms with Crippen LogP contribution in [0.4, 0.5) is 11.5 Å². The van der Waals surface area contributed by atoms with Crippen molar-refractivity contribution in [3.63, 3.8) is 0 Å². The van der Waals surface area contributed by atoms with E-state index in [4.69, 9.17) is 0 Å². The fraction of sp³-hybridized carbons (Fsp3) is 0.316. The van der Waals surface area contributed by atoms with Crippen molar-refractivity contribution in [2.45, 2.75) is 19.4 Å². The molecule has 1 saturated heterocycles. The predicted octanol–water partition coefficient (Wildman–Crippen LogP) is 2.52. The molecule has 0 unspecified atom stereocenters. The number of hydrogen-bond acceptors (Lipinski definition) is 4. The Morgan fingerprint density at radius 2 is 1.96 bits per heavy atom. The van der Waals surface area contributed by atoms with Crippen molar-refractivity contribution in [3.05, 3.63) is 53.7 Å². The number of carbonyl (C=O) groups is 2. The molecule has 1 aromatic carbocycles. The first kappa shape index (κ1) is 17.0. The smallest absolute Gasteiger partial charge is 0.254 e. The average Bonchev–Trinajstić information content (AvgIpc) is 3.06. The van der Waals surface area contributed by atoms with Gasteiger partial charge in [0.1, 0.15) is 5.82 Å². The van der Waals surface area contributed by atoms with Crippen LogP contribution in [0.1, 0.15) is 28.8 Å². The number of nitrogens with zero attached hydrogens (tertiary/aromatic N) is 3. The highest BCUT2D eigenvalue weighted by atomic mass is 16.2. The van der Waals surface area contributed by atoms with E-state index in [1.54, 1.807) is 32.4 Å². The Kier molecular flexibility index (Phi) is 4.97. The predicted molar refractivity (Wildman–Crippen MR) is 97.6 cm³/mol. The third-order valence-corrected chi connectivity index (χ3v) is 4.21. The number of rotatable bonds is 5. The van der Waals surface area contributed by atoms with Crippen molar-refractivity contribution in [2.24, 2.45) is 0 Å². The lowest BCUT2D eigenvalue weighted by Crippen LogP contribution is -2.23. The summed E-state index contributed by atoms with van der Waals surface area (Å²) in [5.41, 5.74) is 2.62. The molecule has 1 aromatic heterocycles. The van der Waals surface area contributed by atoms with Crippen LogP contribution in [0.3, 0.4) is 0 Å². The molecule has 0 aliphatic carbocycles. The highest BCUT2D eigenvalue weighted by molar-refractivity contribution is 5.95. The lowest BCUT2D eigenvalue weighted by atomic mass is 10.2. The number of nitrogens with one attached hydrogen (secondary N) is 1. The first-order chi connectivity index (χ1) is 12.0. The Morgan fingerprint density at radius 1 is 1.20 bits per heavy atom.